The monoisotopic (exact) mass is 398 g/mol. The van der Waals surface area contributed by atoms with E-state index in [2.05, 4.69) is 11.8 Å². The number of carbonyl (C=O) groups is 3. The first-order chi connectivity index (χ1) is 14.0. The van der Waals surface area contributed by atoms with Crippen LogP contribution in [0.15, 0.2) is 18.2 Å². The van der Waals surface area contributed by atoms with E-state index in [1.165, 1.54) is 4.90 Å². The zero-order valence-electron chi connectivity index (χ0n) is 17.4. The van der Waals surface area contributed by atoms with Crippen molar-refractivity contribution in [2.75, 3.05) is 20.3 Å². The highest BCUT2D eigenvalue weighted by Crippen LogP contribution is 2.36. The van der Waals surface area contributed by atoms with Crippen molar-refractivity contribution >= 4 is 17.7 Å². The van der Waals surface area contributed by atoms with E-state index in [4.69, 9.17) is 4.74 Å². The Labute approximate surface area is 172 Å². The van der Waals surface area contributed by atoms with Crippen molar-refractivity contribution in [3.63, 3.8) is 0 Å². The number of hydrogen-bond donors (Lipinski definition) is 0. The molecule has 3 aliphatic rings. The first kappa shape index (κ1) is 20.1. The molecular formula is C23H30N2O4. The average molecular weight is 399 g/mol. The Morgan fingerprint density at radius 3 is 2.28 bits per heavy atom. The third kappa shape index (κ3) is 3.95. The normalized spacial score (nSPS) is 24.0. The largest absolute Gasteiger partial charge is 0.385 e. The lowest BCUT2D eigenvalue weighted by atomic mass is 9.86. The van der Waals surface area contributed by atoms with Crippen LogP contribution in [0.3, 0.4) is 0 Å². The summed E-state index contributed by atoms with van der Waals surface area (Å²) in [7, 11) is 1.60. The zero-order valence-corrected chi connectivity index (χ0v) is 17.4. The molecule has 6 nitrogen and oxygen atoms in total. The smallest absolute Gasteiger partial charge is 0.261 e. The lowest BCUT2D eigenvalue weighted by molar-refractivity contribution is 0.0592. The number of fused-ring (bicyclic) bond motifs is 1. The quantitative estimate of drug-likeness (QED) is 0.521. The summed E-state index contributed by atoms with van der Waals surface area (Å²) in [5.41, 5.74) is 1.27. The van der Waals surface area contributed by atoms with Crippen molar-refractivity contribution in [2.24, 2.45) is 5.92 Å². The molecule has 1 aliphatic heterocycles. The summed E-state index contributed by atoms with van der Waals surface area (Å²) in [4.78, 5) is 42.1. The van der Waals surface area contributed by atoms with Gasteiger partial charge in [-0.15, -0.1) is 0 Å². The van der Waals surface area contributed by atoms with Crippen LogP contribution < -0.4 is 0 Å². The zero-order chi connectivity index (χ0) is 20.5. The summed E-state index contributed by atoms with van der Waals surface area (Å²) in [5.74, 6) is 0.156. The standard InChI is InChI=1S/C23H30N2O4/c1-15-4-7-17(8-5-15)25(18-9-10-18)21(26)16-6-11-19-20(14-16)23(28)24(22(19)27)12-3-13-29-2/h6,11,14-15,17-18H,3-5,7-10,12-13H2,1-2H3. The maximum absolute atomic E-state index is 13.4. The molecule has 29 heavy (non-hydrogen) atoms. The van der Waals surface area contributed by atoms with Gasteiger partial charge < -0.3 is 9.64 Å². The molecule has 0 spiro atoms. The van der Waals surface area contributed by atoms with Crippen molar-refractivity contribution in [2.45, 2.75) is 64.0 Å². The molecule has 4 rings (SSSR count). The second-order valence-electron chi connectivity index (χ2n) is 8.73. The number of amides is 3. The molecule has 0 saturated heterocycles. The molecule has 2 aliphatic carbocycles. The summed E-state index contributed by atoms with van der Waals surface area (Å²) in [6, 6.07) is 5.62. The highest BCUT2D eigenvalue weighted by Gasteiger charge is 2.40. The first-order valence-corrected chi connectivity index (χ1v) is 10.8. The van der Waals surface area contributed by atoms with Crippen LogP contribution in [0.1, 0.15) is 82.9 Å². The Morgan fingerprint density at radius 2 is 1.66 bits per heavy atom. The van der Waals surface area contributed by atoms with E-state index in [0.29, 0.717) is 48.3 Å². The van der Waals surface area contributed by atoms with E-state index in [9.17, 15) is 14.4 Å². The number of rotatable bonds is 7. The minimum Gasteiger partial charge on any atom is -0.385 e. The topological polar surface area (TPSA) is 66.9 Å². The molecule has 0 unspecified atom stereocenters. The lowest BCUT2D eigenvalue weighted by Gasteiger charge is -2.36. The Kier molecular flexibility index (Phi) is 5.72. The molecule has 2 saturated carbocycles. The molecule has 0 atom stereocenters. The fourth-order valence-electron chi connectivity index (χ4n) is 4.65. The van der Waals surface area contributed by atoms with Gasteiger partial charge in [-0.2, -0.15) is 0 Å². The summed E-state index contributed by atoms with van der Waals surface area (Å²) in [6.45, 7) is 3.10. The first-order valence-electron chi connectivity index (χ1n) is 10.8. The predicted octanol–water partition coefficient (Wildman–Crippen LogP) is 3.50. The Morgan fingerprint density at radius 1 is 1.03 bits per heavy atom. The molecule has 2 fully saturated rings. The van der Waals surface area contributed by atoms with Gasteiger partial charge in [0.15, 0.2) is 0 Å². The third-order valence-corrected chi connectivity index (χ3v) is 6.50. The predicted molar refractivity (Wildman–Crippen MR) is 109 cm³/mol. The highest BCUT2D eigenvalue weighted by atomic mass is 16.5. The highest BCUT2D eigenvalue weighted by molar-refractivity contribution is 6.22. The van der Waals surface area contributed by atoms with E-state index in [1.54, 1.807) is 25.3 Å². The SMILES string of the molecule is COCCCN1C(=O)c2ccc(C(=O)N(C3CCC(C)CC3)C3CC3)cc2C1=O. The summed E-state index contributed by atoms with van der Waals surface area (Å²) < 4.78 is 5.02. The van der Waals surface area contributed by atoms with Gasteiger partial charge in [-0.1, -0.05) is 6.92 Å². The molecule has 3 amide bonds. The molecule has 1 heterocycles. The van der Waals surface area contributed by atoms with Gasteiger partial charge in [0, 0.05) is 37.9 Å². The molecule has 1 aromatic rings. The summed E-state index contributed by atoms with van der Waals surface area (Å²) >= 11 is 0. The summed E-state index contributed by atoms with van der Waals surface area (Å²) in [6.07, 6.45) is 7.16. The van der Waals surface area contributed by atoms with E-state index >= 15 is 0 Å². The van der Waals surface area contributed by atoms with E-state index in [0.717, 1.165) is 44.4 Å². The second kappa shape index (κ2) is 8.27. The van der Waals surface area contributed by atoms with E-state index < -0.39 is 0 Å². The van der Waals surface area contributed by atoms with Crippen LogP contribution in [-0.4, -0.2) is 59.9 Å². The molecular weight excluding hydrogens is 368 g/mol. The van der Waals surface area contributed by atoms with Crippen molar-refractivity contribution in [1.29, 1.82) is 0 Å². The molecule has 0 bridgehead atoms. The van der Waals surface area contributed by atoms with Crippen LogP contribution in [-0.2, 0) is 4.74 Å². The number of carbonyl (C=O) groups excluding carboxylic acids is 3. The van der Waals surface area contributed by atoms with Crippen LogP contribution in [0.5, 0.6) is 0 Å². The van der Waals surface area contributed by atoms with E-state index in [-0.39, 0.29) is 17.7 Å². The number of methoxy groups -OCH3 is 1. The Bertz CT molecular complexity index is 809. The lowest BCUT2D eigenvalue weighted by Crippen LogP contribution is -2.43. The number of nitrogens with zero attached hydrogens (tertiary/aromatic N) is 2. The van der Waals surface area contributed by atoms with Gasteiger partial charge in [0.2, 0.25) is 0 Å². The minimum atomic E-state index is -0.305. The number of benzene rings is 1. The fraction of sp³-hybridized carbons (Fsp3) is 0.609. The van der Waals surface area contributed by atoms with Gasteiger partial charge in [-0.3, -0.25) is 19.3 Å². The second-order valence-corrected chi connectivity index (χ2v) is 8.73. The van der Waals surface area contributed by atoms with Crippen LogP contribution in [0.4, 0.5) is 0 Å². The molecule has 0 N–H and O–H groups in total. The molecule has 0 aromatic heterocycles. The van der Waals surface area contributed by atoms with E-state index in [1.807, 2.05) is 0 Å². The number of hydrogen-bond acceptors (Lipinski definition) is 4. The number of ether oxygens (including phenoxy) is 1. The fourth-order valence-corrected chi connectivity index (χ4v) is 4.65. The van der Waals surface area contributed by atoms with Gasteiger partial charge in [-0.05, 0) is 69.1 Å². The Hall–Kier alpha value is -2.21. The van der Waals surface area contributed by atoms with Crippen LogP contribution >= 0.6 is 0 Å². The maximum Gasteiger partial charge on any atom is 0.261 e. The molecule has 156 valence electrons. The van der Waals surface area contributed by atoms with Gasteiger partial charge in [0.25, 0.3) is 17.7 Å². The van der Waals surface area contributed by atoms with Crippen LogP contribution in [0.25, 0.3) is 0 Å². The van der Waals surface area contributed by atoms with Crippen LogP contribution in [0, 0.1) is 5.92 Å². The maximum atomic E-state index is 13.4. The van der Waals surface area contributed by atoms with Crippen molar-refractivity contribution in [1.82, 2.24) is 9.80 Å². The third-order valence-electron chi connectivity index (χ3n) is 6.50. The van der Waals surface area contributed by atoms with Gasteiger partial charge in [-0.25, -0.2) is 0 Å². The van der Waals surface area contributed by atoms with Crippen LogP contribution in [0.2, 0.25) is 0 Å². The molecule has 6 heteroatoms. The van der Waals surface area contributed by atoms with Crippen molar-refractivity contribution < 1.29 is 19.1 Å². The number of imide groups is 1. The van der Waals surface area contributed by atoms with Gasteiger partial charge in [0.05, 0.1) is 11.1 Å². The Balaban J connectivity index is 1.53. The van der Waals surface area contributed by atoms with Crippen molar-refractivity contribution in [3.8, 4) is 0 Å². The van der Waals surface area contributed by atoms with Crippen molar-refractivity contribution in [3.05, 3.63) is 34.9 Å². The minimum absolute atomic E-state index is 0.00735. The molecule has 0 radical (unpaired) electrons. The van der Waals surface area contributed by atoms with Gasteiger partial charge in [0.1, 0.15) is 0 Å². The summed E-state index contributed by atoms with van der Waals surface area (Å²) in [5, 5.41) is 0. The molecule has 1 aromatic carbocycles. The van der Waals surface area contributed by atoms with Gasteiger partial charge >= 0.3 is 0 Å². The average Bonchev–Trinajstić information content (AvgIpc) is 3.53.